The summed E-state index contributed by atoms with van der Waals surface area (Å²) in [5, 5.41) is 0. The highest BCUT2D eigenvalue weighted by Crippen LogP contribution is 2.11. The Morgan fingerprint density at radius 1 is 1.33 bits per heavy atom. The standard InChI is InChI=1S/C13H21N5O3/c1-17-9(5-3-6-14)15-11-10(17)12(19)16-13(20)18(11)7-4-8-21-2/h3-8,14H2,1-2H3,(H,16,19,20). The maximum Gasteiger partial charge on any atom is 0.330 e. The fraction of sp³-hybridized carbons (Fsp3) is 0.615. The normalized spacial score (nSPS) is 11.4. The van der Waals surface area contributed by atoms with Crippen LogP contribution in [0.5, 0.6) is 0 Å². The van der Waals surface area contributed by atoms with E-state index in [4.69, 9.17) is 10.5 Å². The molecule has 0 fully saturated rings. The molecule has 8 nitrogen and oxygen atoms in total. The van der Waals surface area contributed by atoms with Crippen LogP contribution in [0.1, 0.15) is 18.7 Å². The van der Waals surface area contributed by atoms with Crippen molar-refractivity contribution in [3.63, 3.8) is 0 Å². The van der Waals surface area contributed by atoms with E-state index in [1.807, 2.05) is 0 Å². The molecule has 0 amide bonds. The number of nitrogens with one attached hydrogen (secondary N) is 1. The highest BCUT2D eigenvalue weighted by molar-refractivity contribution is 5.70. The fourth-order valence-electron chi connectivity index (χ4n) is 2.35. The van der Waals surface area contributed by atoms with E-state index in [0.717, 1.165) is 12.2 Å². The van der Waals surface area contributed by atoms with Crippen LogP contribution in [-0.2, 0) is 24.8 Å². The highest BCUT2D eigenvalue weighted by atomic mass is 16.5. The summed E-state index contributed by atoms with van der Waals surface area (Å²) in [7, 11) is 3.39. The topological polar surface area (TPSA) is 108 Å². The molecule has 2 rings (SSSR count). The quantitative estimate of drug-likeness (QED) is 0.660. The first-order valence-electron chi connectivity index (χ1n) is 6.97. The molecule has 2 heterocycles. The van der Waals surface area contributed by atoms with Crippen LogP contribution in [0.15, 0.2) is 9.59 Å². The molecule has 0 aliphatic carbocycles. The summed E-state index contributed by atoms with van der Waals surface area (Å²) in [6.45, 7) is 1.55. The SMILES string of the molecule is COCCCn1c(=O)[nH]c(=O)c2c1nc(CCCN)n2C. The van der Waals surface area contributed by atoms with E-state index in [1.165, 1.54) is 4.57 Å². The summed E-state index contributed by atoms with van der Waals surface area (Å²) in [6, 6.07) is 0. The molecule has 2 aromatic rings. The van der Waals surface area contributed by atoms with Gasteiger partial charge in [-0.05, 0) is 19.4 Å². The zero-order chi connectivity index (χ0) is 15.4. The van der Waals surface area contributed by atoms with Crippen molar-refractivity contribution in [2.24, 2.45) is 12.8 Å². The van der Waals surface area contributed by atoms with Gasteiger partial charge in [0.2, 0.25) is 0 Å². The van der Waals surface area contributed by atoms with Gasteiger partial charge in [-0.1, -0.05) is 0 Å². The number of fused-ring (bicyclic) bond motifs is 1. The second-order valence-corrected chi connectivity index (χ2v) is 4.91. The lowest BCUT2D eigenvalue weighted by Gasteiger charge is -2.05. The number of ether oxygens (including phenoxy) is 1. The van der Waals surface area contributed by atoms with Crippen LogP contribution < -0.4 is 17.0 Å². The van der Waals surface area contributed by atoms with E-state index in [0.29, 0.717) is 43.7 Å². The van der Waals surface area contributed by atoms with Gasteiger partial charge in [0.25, 0.3) is 5.56 Å². The Hall–Kier alpha value is -1.93. The molecule has 3 N–H and O–H groups in total. The van der Waals surface area contributed by atoms with E-state index < -0.39 is 11.2 Å². The molecule has 2 aromatic heterocycles. The molecule has 116 valence electrons. The van der Waals surface area contributed by atoms with E-state index in [-0.39, 0.29) is 0 Å². The number of imidazole rings is 1. The lowest BCUT2D eigenvalue weighted by atomic mass is 10.3. The molecule has 0 aliphatic heterocycles. The number of hydrogen-bond acceptors (Lipinski definition) is 5. The number of nitrogens with two attached hydrogens (primary N) is 1. The molecule has 0 atom stereocenters. The van der Waals surface area contributed by atoms with Gasteiger partial charge in [-0.25, -0.2) is 9.78 Å². The highest BCUT2D eigenvalue weighted by Gasteiger charge is 2.15. The lowest BCUT2D eigenvalue weighted by molar-refractivity contribution is 0.190. The number of rotatable bonds is 7. The molecular formula is C13H21N5O3. The summed E-state index contributed by atoms with van der Waals surface area (Å²) in [5.74, 6) is 0.757. The molecule has 21 heavy (non-hydrogen) atoms. The Labute approximate surface area is 121 Å². The van der Waals surface area contributed by atoms with Crippen molar-refractivity contribution < 1.29 is 4.74 Å². The Morgan fingerprint density at radius 2 is 2.10 bits per heavy atom. The third-order valence-electron chi connectivity index (χ3n) is 3.44. The zero-order valence-corrected chi connectivity index (χ0v) is 12.4. The number of aromatic amines is 1. The lowest BCUT2D eigenvalue weighted by Crippen LogP contribution is -2.31. The van der Waals surface area contributed by atoms with Crippen LogP contribution in [0, 0.1) is 0 Å². The van der Waals surface area contributed by atoms with E-state index in [9.17, 15) is 9.59 Å². The van der Waals surface area contributed by atoms with Gasteiger partial charge in [-0.3, -0.25) is 14.3 Å². The second kappa shape index (κ2) is 6.68. The monoisotopic (exact) mass is 295 g/mol. The molecule has 0 aliphatic rings. The largest absolute Gasteiger partial charge is 0.385 e. The molecule has 0 unspecified atom stereocenters. The summed E-state index contributed by atoms with van der Waals surface area (Å²) in [4.78, 5) is 30.8. The average Bonchev–Trinajstić information content (AvgIpc) is 2.77. The van der Waals surface area contributed by atoms with Gasteiger partial charge < -0.3 is 15.0 Å². The molecule has 8 heteroatoms. The smallest absolute Gasteiger partial charge is 0.330 e. The molecule has 0 saturated heterocycles. The van der Waals surface area contributed by atoms with Gasteiger partial charge in [0.15, 0.2) is 11.2 Å². The minimum Gasteiger partial charge on any atom is -0.385 e. The minimum absolute atomic E-state index is 0.410. The van der Waals surface area contributed by atoms with E-state index >= 15 is 0 Å². The van der Waals surface area contributed by atoms with Gasteiger partial charge in [-0.15, -0.1) is 0 Å². The van der Waals surface area contributed by atoms with Crippen LogP contribution in [0.3, 0.4) is 0 Å². The molecule has 0 aromatic carbocycles. The van der Waals surface area contributed by atoms with Crippen LogP contribution in [0.4, 0.5) is 0 Å². The summed E-state index contributed by atoms with van der Waals surface area (Å²) >= 11 is 0. The van der Waals surface area contributed by atoms with Crippen molar-refractivity contribution in [1.29, 1.82) is 0 Å². The molecular weight excluding hydrogens is 274 g/mol. The first kappa shape index (κ1) is 15.5. The van der Waals surface area contributed by atoms with E-state index in [2.05, 4.69) is 9.97 Å². The Kier molecular flexibility index (Phi) is 4.92. The predicted molar refractivity (Wildman–Crippen MR) is 79.5 cm³/mol. The van der Waals surface area contributed by atoms with Crippen LogP contribution in [0.2, 0.25) is 0 Å². The third-order valence-corrected chi connectivity index (χ3v) is 3.44. The number of aromatic nitrogens is 4. The second-order valence-electron chi connectivity index (χ2n) is 4.91. The van der Waals surface area contributed by atoms with Gasteiger partial charge in [0, 0.05) is 33.7 Å². The molecule has 0 saturated carbocycles. The number of methoxy groups -OCH3 is 1. The van der Waals surface area contributed by atoms with Crippen LogP contribution in [-0.4, -0.2) is 39.4 Å². The third kappa shape index (κ3) is 3.06. The average molecular weight is 295 g/mol. The van der Waals surface area contributed by atoms with Crippen molar-refractivity contribution in [2.75, 3.05) is 20.3 Å². The Bertz CT molecular complexity index is 728. The zero-order valence-electron chi connectivity index (χ0n) is 12.4. The van der Waals surface area contributed by atoms with Gasteiger partial charge >= 0.3 is 5.69 Å². The Morgan fingerprint density at radius 3 is 2.76 bits per heavy atom. The summed E-state index contributed by atoms with van der Waals surface area (Å²) in [5.41, 5.74) is 5.50. The number of H-pyrrole nitrogens is 1. The number of hydrogen-bond donors (Lipinski definition) is 2. The number of aryl methyl sites for hydroxylation is 3. The van der Waals surface area contributed by atoms with Gasteiger partial charge in [-0.2, -0.15) is 0 Å². The van der Waals surface area contributed by atoms with Gasteiger partial charge in [0.1, 0.15) is 5.82 Å². The van der Waals surface area contributed by atoms with E-state index in [1.54, 1.807) is 18.7 Å². The maximum atomic E-state index is 12.0. The molecule has 0 bridgehead atoms. The molecule has 0 radical (unpaired) electrons. The van der Waals surface area contributed by atoms with Crippen LogP contribution >= 0.6 is 0 Å². The van der Waals surface area contributed by atoms with Crippen LogP contribution in [0.25, 0.3) is 11.2 Å². The summed E-state index contributed by atoms with van der Waals surface area (Å²) < 4.78 is 8.21. The Balaban J connectivity index is 2.52. The van der Waals surface area contributed by atoms with Crippen molar-refractivity contribution >= 4 is 11.2 Å². The minimum atomic E-state index is -0.438. The first-order valence-corrected chi connectivity index (χ1v) is 6.97. The predicted octanol–water partition coefficient (Wildman–Crippen LogP) is -0.649. The number of nitrogens with zero attached hydrogens (tertiary/aromatic N) is 3. The van der Waals surface area contributed by atoms with Gasteiger partial charge in [0.05, 0.1) is 0 Å². The van der Waals surface area contributed by atoms with Crippen molar-refractivity contribution in [3.8, 4) is 0 Å². The molecule has 0 spiro atoms. The van der Waals surface area contributed by atoms with Crippen molar-refractivity contribution in [1.82, 2.24) is 19.1 Å². The first-order chi connectivity index (χ1) is 10.1. The summed E-state index contributed by atoms with van der Waals surface area (Å²) in [6.07, 6.45) is 2.13. The van der Waals surface area contributed by atoms with Crippen molar-refractivity contribution in [2.45, 2.75) is 25.8 Å². The van der Waals surface area contributed by atoms with Crippen molar-refractivity contribution in [3.05, 3.63) is 26.7 Å². The maximum absolute atomic E-state index is 12.0. The fourth-order valence-corrected chi connectivity index (χ4v) is 2.35.